The quantitative estimate of drug-likeness (QED) is 0.142. The molecule has 266 valence electrons. The number of aryl methyl sites for hydroxylation is 2. The van der Waals surface area contributed by atoms with Crippen molar-refractivity contribution >= 4 is 63.1 Å². The van der Waals surface area contributed by atoms with E-state index < -0.39 is 0 Å². The molecule has 8 nitrogen and oxygen atoms in total. The number of halogens is 1. The minimum absolute atomic E-state index is 0.210. The van der Waals surface area contributed by atoms with Gasteiger partial charge in [0.15, 0.2) is 15.3 Å². The second-order valence-electron chi connectivity index (χ2n) is 13.4. The molecule has 0 atom stereocenters. The fourth-order valence-corrected chi connectivity index (χ4v) is 8.05. The summed E-state index contributed by atoms with van der Waals surface area (Å²) in [6, 6.07) is 13.0. The molecule has 0 N–H and O–H groups in total. The summed E-state index contributed by atoms with van der Waals surface area (Å²) in [7, 11) is -0.210. The largest absolute Gasteiger partial charge is 0.495 e. The van der Waals surface area contributed by atoms with Crippen molar-refractivity contribution in [3.05, 3.63) is 84.7 Å². The van der Waals surface area contributed by atoms with Gasteiger partial charge in [-0.25, -0.2) is 19.6 Å². The molecule has 12 heteroatoms. The Hall–Kier alpha value is -2.90. The van der Waals surface area contributed by atoms with Crippen molar-refractivity contribution < 1.29 is 28.4 Å². The third-order valence-corrected chi connectivity index (χ3v) is 11.8. The number of ether oxygens (including phenoxy) is 2. The average Bonchev–Trinajstić information content (AvgIpc) is 3.82. The maximum Gasteiger partial charge on any atom is 0.495 e. The number of thiazole rings is 2. The van der Waals surface area contributed by atoms with Crippen LogP contribution in [0.3, 0.4) is 0 Å². The predicted molar refractivity (Wildman–Crippen MR) is 205 cm³/mol. The number of hydrogen-bond acceptors (Lipinski definition) is 10. The molecule has 0 spiro atoms. The van der Waals surface area contributed by atoms with Gasteiger partial charge in [0.25, 0.3) is 0 Å². The Morgan fingerprint density at radius 2 is 1.28 bits per heavy atom. The minimum atomic E-state index is -0.366. The number of hydrogen-bond donors (Lipinski definition) is 0. The predicted octanol–water partition coefficient (Wildman–Crippen LogP) is 8.81. The fourth-order valence-electron chi connectivity index (χ4n) is 6.23. The second-order valence-corrected chi connectivity index (χ2v) is 16.4. The Labute approximate surface area is 312 Å². The number of aromatic nitrogens is 2. The Morgan fingerprint density at radius 1 is 0.760 bits per heavy atom. The highest BCUT2D eigenvalue weighted by molar-refractivity contribution is 9.11. The van der Waals surface area contributed by atoms with Crippen LogP contribution in [-0.2, 0) is 44.5 Å². The van der Waals surface area contributed by atoms with Crippen molar-refractivity contribution in [2.45, 2.75) is 104 Å². The average molecular weight is 782 g/mol. The van der Waals surface area contributed by atoms with E-state index in [2.05, 4.69) is 90.0 Å². The van der Waals surface area contributed by atoms with E-state index in [0.29, 0.717) is 28.5 Å². The lowest BCUT2D eigenvalue weighted by molar-refractivity contribution is 0.00578. The standard InChI is InChI=1S/C16H23BO2.C16H17NO2S.C6H6BrNO2S/c1-15(2)16(3,4)19-17(18-15)14-11-7-9-12-8-5-6-10-13(12)14;1-2-19-16(18)14-10-20-15(17-14)13-9-5-7-11-6-3-4-8-12(11)13;1-2-10-5(9)4-3-11-6(7)8-4/h7,9,11H,5-6,8,10H2,1-4H3;5,7,9-10H,2-4,6,8H2,1H3;3H,2H2,1H3. The van der Waals surface area contributed by atoms with Gasteiger partial charge in [-0.05, 0) is 137 Å². The summed E-state index contributed by atoms with van der Waals surface area (Å²) in [6.45, 7) is 12.8. The van der Waals surface area contributed by atoms with Crippen LogP contribution in [0, 0.1) is 0 Å². The van der Waals surface area contributed by atoms with Gasteiger partial charge in [-0.2, -0.15) is 0 Å². The molecule has 0 amide bonds. The number of benzene rings is 2. The van der Waals surface area contributed by atoms with Crippen molar-refractivity contribution in [3.63, 3.8) is 0 Å². The van der Waals surface area contributed by atoms with Gasteiger partial charge < -0.3 is 18.8 Å². The van der Waals surface area contributed by atoms with E-state index in [1.165, 1.54) is 88.1 Å². The van der Waals surface area contributed by atoms with Gasteiger partial charge in [-0.15, -0.1) is 22.7 Å². The van der Waals surface area contributed by atoms with Gasteiger partial charge >= 0.3 is 19.1 Å². The van der Waals surface area contributed by atoms with E-state index in [4.69, 9.17) is 18.8 Å². The van der Waals surface area contributed by atoms with Crippen LogP contribution < -0.4 is 5.46 Å². The smallest absolute Gasteiger partial charge is 0.461 e. The van der Waals surface area contributed by atoms with E-state index in [-0.39, 0.29) is 30.3 Å². The second kappa shape index (κ2) is 17.1. The summed E-state index contributed by atoms with van der Waals surface area (Å²) >= 11 is 6.03. The Kier molecular flexibility index (Phi) is 13.1. The summed E-state index contributed by atoms with van der Waals surface area (Å²) in [5, 5.41) is 4.37. The molecule has 3 aliphatic rings. The Morgan fingerprint density at radius 3 is 1.86 bits per heavy atom. The lowest BCUT2D eigenvalue weighted by atomic mass is 9.72. The maximum absolute atomic E-state index is 11.7. The molecule has 1 fully saturated rings. The highest BCUT2D eigenvalue weighted by Crippen LogP contribution is 2.37. The maximum atomic E-state index is 11.7. The van der Waals surface area contributed by atoms with Gasteiger partial charge in [-0.1, -0.05) is 36.4 Å². The van der Waals surface area contributed by atoms with Crippen molar-refractivity contribution in [2.75, 3.05) is 13.2 Å². The van der Waals surface area contributed by atoms with Gasteiger partial charge in [0.05, 0.1) is 24.4 Å². The van der Waals surface area contributed by atoms with Crippen molar-refractivity contribution in [2.24, 2.45) is 0 Å². The van der Waals surface area contributed by atoms with Gasteiger partial charge in [-0.3, -0.25) is 0 Å². The van der Waals surface area contributed by atoms with Crippen LogP contribution in [-0.4, -0.2) is 53.4 Å². The van der Waals surface area contributed by atoms with Crippen LogP contribution in [0.1, 0.15) is 110 Å². The molecule has 2 aromatic carbocycles. The summed E-state index contributed by atoms with van der Waals surface area (Å²) in [6.07, 6.45) is 9.71. The molecular weight excluding hydrogens is 735 g/mol. The molecule has 1 aliphatic heterocycles. The van der Waals surface area contributed by atoms with Crippen LogP contribution in [0.25, 0.3) is 10.6 Å². The number of carbonyl (C=O) groups is 2. The molecule has 0 radical (unpaired) electrons. The first-order chi connectivity index (χ1) is 23.9. The lowest BCUT2D eigenvalue weighted by Crippen LogP contribution is -2.41. The minimum Gasteiger partial charge on any atom is -0.461 e. The molecular formula is C38H46BBrN2O6S2. The van der Waals surface area contributed by atoms with Crippen LogP contribution in [0.4, 0.5) is 0 Å². The molecule has 0 saturated carbocycles. The SMILES string of the molecule is CC1(C)OB(c2cccc3c2CCCC3)OC1(C)C.CCOC(=O)c1csc(-c2cccc3c2CCCC3)n1.CCOC(=O)c1csc(Br)n1. The zero-order valence-corrected chi connectivity index (χ0v) is 33.0. The number of carbonyl (C=O) groups excluding carboxylic acids is 2. The van der Waals surface area contributed by atoms with E-state index in [1.807, 2.05) is 0 Å². The van der Waals surface area contributed by atoms with Crippen molar-refractivity contribution in [3.8, 4) is 10.6 Å². The van der Waals surface area contributed by atoms with E-state index >= 15 is 0 Å². The molecule has 0 unspecified atom stereocenters. The number of nitrogens with zero attached hydrogens (tertiary/aromatic N) is 2. The molecule has 50 heavy (non-hydrogen) atoms. The zero-order valence-electron chi connectivity index (χ0n) is 29.8. The molecule has 4 aromatic rings. The van der Waals surface area contributed by atoms with Gasteiger partial charge in [0, 0.05) is 16.3 Å². The van der Waals surface area contributed by atoms with Gasteiger partial charge in [0.2, 0.25) is 0 Å². The highest BCUT2D eigenvalue weighted by atomic mass is 79.9. The summed E-state index contributed by atoms with van der Waals surface area (Å²) in [5.74, 6) is -0.700. The topological polar surface area (TPSA) is 96.8 Å². The summed E-state index contributed by atoms with van der Waals surface area (Å²) in [4.78, 5) is 31.0. The monoisotopic (exact) mass is 780 g/mol. The molecule has 0 bridgehead atoms. The first kappa shape index (κ1) is 38.3. The molecule has 3 heterocycles. The van der Waals surface area contributed by atoms with Crippen molar-refractivity contribution in [1.29, 1.82) is 0 Å². The molecule has 1 saturated heterocycles. The normalized spacial score (nSPS) is 16.9. The van der Waals surface area contributed by atoms with Gasteiger partial charge in [0.1, 0.15) is 5.01 Å². The molecule has 7 rings (SSSR count). The summed E-state index contributed by atoms with van der Waals surface area (Å²) in [5.41, 5.74) is 8.49. The zero-order chi connectivity index (χ0) is 35.9. The molecule has 2 aliphatic carbocycles. The summed E-state index contributed by atoms with van der Waals surface area (Å²) < 4.78 is 22.8. The van der Waals surface area contributed by atoms with Crippen LogP contribution in [0.15, 0.2) is 51.1 Å². The van der Waals surface area contributed by atoms with Crippen LogP contribution in [0.5, 0.6) is 0 Å². The lowest BCUT2D eigenvalue weighted by Gasteiger charge is -2.32. The Balaban J connectivity index is 0.000000152. The van der Waals surface area contributed by atoms with E-state index in [9.17, 15) is 9.59 Å². The third kappa shape index (κ3) is 9.12. The fraction of sp³-hybridized carbons (Fsp3) is 0.474. The number of rotatable bonds is 6. The first-order valence-corrected chi connectivity index (χ1v) is 20.0. The van der Waals surface area contributed by atoms with Crippen LogP contribution in [0.2, 0.25) is 0 Å². The third-order valence-electron chi connectivity index (χ3n) is 9.52. The van der Waals surface area contributed by atoms with E-state index in [0.717, 1.165) is 24.3 Å². The highest BCUT2D eigenvalue weighted by Gasteiger charge is 2.52. The number of fused-ring (bicyclic) bond motifs is 2. The Bertz CT molecular complexity index is 1770. The first-order valence-electron chi connectivity index (χ1n) is 17.4. The van der Waals surface area contributed by atoms with Crippen molar-refractivity contribution in [1.82, 2.24) is 9.97 Å². The number of esters is 2. The molecule has 2 aromatic heterocycles. The van der Waals surface area contributed by atoms with Crippen LogP contribution >= 0.6 is 38.6 Å². The van der Waals surface area contributed by atoms with E-state index in [1.54, 1.807) is 24.6 Å².